The summed E-state index contributed by atoms with van der Waals surface area (Å²) in [4.78, 5) is 26.1. The van der Waals surface area contributed by atoms with Gasteiger partial charge in [0.15, 0.2) is 11.6 Å². The van der Waals surface area contributed by atoms with E-state index in [1.165, 1.54) is 33.3 Å². The summed E-state index contributed by atoms with van der Waals surface area (Å²) < 4.78 is 0.945. The number of thioether (sulfide) groups is 1. The predicted octanol–water partition coefficient (Wildman–Crippen LogP) is 5.61. The van der Waals surface area contributed by atoms with E-state index in [0.717, 1.165) is 9.14 Å². The Kier molecular flexibility index (Phi) is 5.66. The van der Waals surface area contributed by atoms with Gasteiger partial charge in [-0.05, 0) is 17.0 Å². The fourth-order valence-electron chi connectivity index (χ4n) is 2.24. The van der Waals surface area contributed by atoms with Crippen LogP contribution < -0.4 is 0 Å². The van der Waals surface area contributed by atoms with E-state index in [1.807, 2.05) is 42.7 Å². The third-order valence-electron chi connectivity index (χ3n) is 3.43. The Bertz CT molecular complexity index is 824. The summed E-state index contributed by atoms with van der Waals surface area (Å²) in [6.45, 7) is 0. The van der Waals surface area contributed by atoms with Gasteiger partial charge in [-0.1, -0.05) is 71.5 Å². The molecule has 0 radical (unpaired) electrons. The lowest BCUT2D eigenvalue weighted by Gasteiger charge is -2.05. The molecule has 1 aliphatic heterocycles. The van der Waals surface area contributed by atoms with E-state index in [0.29, 0.717) is 16.7 Å². The molecule has 1 aliphatic rings. The summed E-state index contributed by atoms with van der Waals surface area (Å²) in [5, 5.41) is 0. The molecule has 0 aromatic heterocycles. The van der Waals surface area contributed by atoms with Gasteiger partial charge in [0.2, 0.25) is 0 Å². The van der Waals surface area contributed by atoms with E-state index in [9.17, 15) is 9.59 Å². The second-order valence-electron chi connectivity index (χ2n) is 4.97. The molecule has 2 nitrogen and oxygen atoms in total. The van der Waals surface area contributed by atoms with E-state index < -0.39 is 0 Å². The van der Waals surface area contributed by atoms with Crippen molar-refractivity contribution in [2.24, 2.45) is 0 Å². The summed E-state index contributed by atoms with van der Waals surface area (Å²) in [5.41, 5.74) is 1.90. The number of rotatable bonds is 5. The fraction of sp³-hybridized carbons (Fsp3) is 0.0526. The molecule has 0 spiro atoms. The molecule has 0 fully saturated rings. The minimum Gasteiger partial charge on any atom is -0.289 e. The van der Waals surface area contributed by atoms with Gasteiger partial charge < -0.3 is 0 Å². The molecular formula is C19H14O2S3. The molecular weight excluding hydrogens is 356 g/mol. The largest absolute Gasteiger partial charge is 0.289 e. The predicted molar refractivity (Wildman–Crippen MR) is 105 cm³/mol. The number of Topliss-reactive ketones (excluding diaryl/α,β-unsaturated/α-hetero) is 1. The summed E-state index contributed by atoms with van der Waals surface area (Å²) in [6.07, 6.45) is 3.52. The zero-order valence-electron chi connectivity index (χ0n) is 12.9. The zero-order chi connectivity index (χ0) is 16.9. The van der Waals surface area contributed by atoms with Crippen molar-refractivity contribution in [1.82, 2.24) is 0 Å². The Morgan fingerprint density at radius 3 is 2.04 bits per heavy atom. The van der Waals surface area contributed by atoms with Crippen molar-refractivity contribution in [3.8, 4) is 0 Å². The molecule has 0 aliphatic carbocycles. The first-order valence-electron chi connectivity index (χ1n) is 7.24. The molecule has 2 aromatic carbocycles. The zero-order valence-corrected chi connectivity index (χ0v) is 15.3. The fourth-order valence-corrected chi connectivity index (χ4v) is 5.99. The highest BCUT2D eigenvalue weighted by atomic mass is 33.1. The molecule has 3 rings (SSSR count). The number of hydrogen-bond acceptors (Lipinski definition) is 5. The number of carbonyl (C=O) groups is 2. The number of ketones is 2. The first kappa shape index (κ1) is 17.1. The maximum Gasteiger partial charge on any atom is 0.195 e. The molecule has 1 heterocycles. The van der Waals surface area contributed by atoms with Crippen LogP contribution in [0.15, 0.2) is 81.5 Å². The number of carbonyl (C=O) groups excluding carboxylic acids is 2. The van der Waals surface area contributed by atoms with Crippen LogP contribution in [0.2, 0.25) is 0 Å². The van der Waals surface area contributed by atoms with Crippen LogP contribution in [0.5, 0.6) is 0 Å². The number of benzene rings is 2. The first-order valence-corrected chi connectivity index (χ1v) is 10.6. The van der Waals surface area contributed by atoms with Gasteiger partial charge in [-0.2, -0.15) is 0 Å². The first-order chi connectivity index (χ1) is 11.7. The van der Waals surface area contributed by atoms with Crippen molar-refractivity contribution in [3.05, 3.63) is 92.6 Å². The topological polar surface area (TPSA) is 34.1 Å². The van der Waals surface area contributed by atoms with Gasteiger partial charge in [-0.25, -0.2) is 0 Å². The molecule has 120 valence electrons. The van der Waals surface area contributed by atoms with Gasteiger partial charge in [0.05, 0.1) is 9.81 Å². The maximum atomic E-state index is 12.9. The average Bonchev–Trinajstić information content (AvgIpc) is 3.05. The van der Waals surface area contributed by atoms with E-state index in [2.05, 4.69) is 0 Å². The maximum absolute atomic E-state index is 12.9. The van der Waals surface area contributed by atoms with Crippen LogP contribution in [0.4, 0.5) is 0 Å². The Morgan fingerprint density at radius 1 is 0.875 bits per heavy atom. The second kappa shape index (κ2) is 7.92. The molecule has 0 bridgehead atoms. The van der Waals surface area contributed by atoms with Crippen LogP contribution in [0, 0.1) is 0 Å². The molecule has 0 amide bonds. The summed E-state index contributed by atoms with van der Waals surface area (Å²) in [6, 6.07) is 18.3. The Labute approximate surface area is 153 Å². The van der Waals surface area contributed by atoms with Crippen LogP contribution in [0.3, 0.4) is 0 Å². The molecule has 0 saturated heterocycles. The Balaban J connectivity index is 1.96. The van der Waals surface area contributed by atoms with E-state index in [-0.39, 0.29) is 11.6 Å². The Hall–Kier alpha value is -1.69. The van der Waals surface area contributed by atoms with Gasteiger partial charge in [-0.3, -0.25) is 9.59 Å². The quantitative estimate of drug-likeness (QED) is 0.388. The third-order valence-corrected chi connectivity index (χ3v) is 7.30. The molecule has 0 atom stereocenters. The van der Waals surface area contributed by atoms with Crippen molar-refractivity contribution in [2.45, 2.75) is 0 Å². The van der Waals surface area contributed by atoms with E-state index in [1.54, 1.807) is 30.3 Å². The molecule has 5 heteroatoms. The normalized spacial score (nSPS) is 15.8. The molecule has 2 aromatic rings. The van der Waals surface area contributed by atoms with E-state index in [4.69, 9.17) is 0 Å². The van der Waals surface area contributed by atoms with Crippen molar-refractivity contribution in [1.29, 1.82) is 0 Å². The van der Waals surface area contributed by atoms with Crippen molar-refractivity contribution in [3.63, 3.8) is 0 Å². The Morgan fingerprint density at radius 2 is 1.46 bits per heavy atom. The molecule has 0 N–H and O–H groups in total. The highest BCUT2D eigenvalue weighted by Crippen LogP contribution is 2.54. The lowest BCUT2D eigenvalue weighted by atomic mass is 10.0. The van der Waals surface area contributed by atoms with E-state index >= 15 is 0 Å². The van der Waals surface area contributed by atoms with Crippen molar-refractivity contribution >= 4 is 44.9 Å². The van der Waals surface area contributed by atoms with Gasteiger partial charge in [0.25, 0.3) is 0 Å². The number of allylic oxidation sites excluding steroid dienone is 2. The summed E-state index contributed by atoms with van der Waals surface area (Å²) >= 11 is 1.54. The highest BCUT2D eigenvalue weighted by molar-refractivity contribution is 8.82. The minimum absolute atomic E-state index is 0.0374. The lowest BCUT2D eigenvalue weighted by molar-refractivity contribution is 0.103. The smallest absolute Gasteiger partial charge is 0.195 e. The van der Waals surface area contributed by atoms with Gasteiger partial charge in [-0.15, -0.1) is 11.8 Å². The van der Waals surface area contributed by atoms with Crippen LogP contribution in [-0.2, 0) is 0 Å². The molecule has 24 heavy (non-hydrogen) atoms. The van der Waals surface area contributed by atoms with Crippen LogP contribution >= 0.6 is 33.3 Å². The monoisotopic (exact) mass is 370 g/mol. The van der Waals surface area contributed by atoms with Crippen LogP contribution in [-0.4, -0.2) is 17.8 Å². The summed E-state index contributed by atoms with van der Waals surface area (Å²) in [5.74, 6) is -0.121. The lowest BCUT2D eigenvalue weighted by Crippen LogP contribution is -2.05. The van der Waals surface area contributed by atoms with Gasteiger partial charge >= 0.3 is 0 Å². The van der Waals surface area contributed by atoms with Gasteiger partial charge in [0.1, 0.15) is 0 Å². The van der Waals surface area contributed by atoms with Crippen LogP contribution in [0.1, 0.15) is 20.7 Å². The highest BCUT2D eigenvalue weighted by Gasteiger charge is 2.28. The average molecular weight is 371 g/mol. The third kappa shape index (κ3) is 3.69. The second-order valence-corrected chi connectivity index (χ2v) is 8.22. The van der Waals surface area contributed by atoms with Crippen LogP contribution in [0.25, 0.3) is 0 Å². The standard InChI is InChI=1S/C19H14O2S3/c1-22-19-17(18(21)14-10-6-3-7-11-14)16(23-24-19)12-15(20)13-8-4-2-5-9-13/h2-12H,1H3/b16-12-. The molecule has 0 unspecified atom stereocenters. The summed E-state index contributed by atoms with van der Waals surface area (Å²) in [7, 11) is 3.01. The SMILES string of the molecule is CSC1=C(C(=O)c2ccccc2)/C(=C/C(=O)c2ccccc2)SS1. The number of hydrogen-bond donors (Lipinski definition) is 0. The van der Waals surface area contributed by atoms with Crippen molar-refractivity contribution < 1.29 is 9.59 Å². The minimum atomic E-state index is -0.0839. The van der Waals surface area contributed by atoms with Crippen molar-refractivity contribution in [2.75, 3.05) is 6.26 Å². The molecule has 0 saturated carbocycles. The van der Waals surface area contributed by atoms with Gasteiger partial charge in [0, 0.05) is 22.1 Å².